The highest BCUT2D eigenvalue weighted by Crippen LogP contribution is 2.14. The van der Waals surface area contributed by atoms with Crippen molar-refractivity contribution in [2.75, 3.05) is 11.9 Å². The van der Waals surface area contributed by atoms with E-state index in [4.69, 9.17) is 5.26 Å². The van der Waals surface area contributed by atoms with Gasteiger partial charge >= 0.3 is 11.8 Å². The zero-order valence-electron chi connectivity index (χ0n) is 9.49. The molecule has 0 aromatic heterocycles. The van der Waals surface area contributed by atoms with E-state index in [1.807, 2.05) is 19.1 Å². The smallest absolute Gasteiger partial charge is 0.313 e. The van der Waals surface area contributed by atoms with Crippen LogP contribution in [0.15, 0.2) is 24.3 Å². The Kier molecular flexibility index (Phi) is 4.70. The van der Waals surface area contributed by atoms with Gasteiger partial charge in [-0.25, -0.2) is 0 Å². The lowest BCUT2D eigenvalue weighted by atomic mass is 10.1. The van der Waals surface area contributed by atoms with Gasteiger partial charge in [0.1, 0.15) is 6.54 Å². The van der Waals surface area contributed by atoms with E-state index in [2.05, 4.69) is 10.6 Å². The quantitative estimate of drug-likeness (QED) is 0.597. The zero-order valence-corrected chi connectivity index (χ0v) is 9.49. The number of aryl methyl sites for hydroxylation is 1. The van der Waals surface area contributed by atoms with Crippen molar-refractivity contribution in [1.82, 2.24) is 5.32 Å². The third-order valence-electron chi connectivity index (χ3n) is 2.18. The van der Waals surface area contributed by atoms with Gasteiger partial charge < -0.3 is 10.6 Å². The van der Waals surface area contributed by atoms with Crippen LogP contribution in [0.4, 0.5) is 5.69 Å². The predicted octanol–water partition coefficient (Wildman–Crippen LogP) is 0.827. The van der Waals surface area contributed by atoms with Crippen molar-refractivity contribution in [2.24, 2.45) is 0 Å². The van der Waals surface area contributed by atoms with Crippen molar-refractivity contribution < 1.29 is 9.59 Å². The first kappa shape index (κ1) is 12.7. The Labute approximate surface area is 99.4 Å². The fourth-order valence-corrected chi connectivity index (χ4v) is 1.33. The lowest BCUT2D eigenvalue weighted by Gasteiger charge is -2.08. The molecule has 0 radical (unpaired) electrons. The minimum atomic E-state index is -0.808. The SMILES string of the molecule is CCc1ccccc1NC(=O)C(=O)NCC#N. The van der Waals surface area contributed by atoms with Crippen molar-refractivity contribution >= 4 is 17.5 Å². The Morgan fingerprint density at radius 1 is 1.29 bits per heavy atom. The second-order valence-electron chi connectivity index (χ2n) is 3.31. The van der Waals surface area contributed by atoms with Crippen molar-refractivity contribution in [3.05, 3.63) is 29.8 Å². The topological polar surface area (TPSA) is 82.0 Å². The molecular formula is C12H13N3O2. The number of nitrogens with one attached hydrogen (secondary N) is 2. The first-order valence-corrected chi connectivity index (χ1v) is 5.23. The minimum Gasteiger partial charge on any atom is -0.335 e. The van der Waals surface area contributed by atoms with Crippen molar-refractivity contribution in [3.8, 4) is 6.07 Å². The highest BCUT2D eigenvalue weighted by Gasteiger charge is 2.13. The maximum Gasteiger partial charge on any atom is 0.313 e. The Morgan fingerprint density at radius 3 is 2.65 bits per heavy atom. The van der Waals surface area contributed by atoms with Gasteiger partial charge in [-0.05, 0) is 18.1 Å². The monoisotopic (exact) mass is 231 g/mol. The molecule has 0 atom stereocenters. The van der Waals surface area contributed by atoms with Crippen LogP contribution in [0.25, 0.3) is 0 Å². The summed E-state index contributed by atoms with van der Waals surface area (Å²) in [6.07, 6.45) is 0.760. The number of nitrogens with zero attached hydrogens (tertiary/aromatic N) is 1. The Bertz CT molecular complexity index is 463. The highest BCUT2D eigenvalue weighted by atomic mass is 16.2. The number of nitriles is 1. The number of carbonyl (C=O) groups is 2. The molecule has 17 heavy (non-hydrogen) atoms. The molecule has 0 fully saturated rings. The van der Waals surface area contributed by atoms with E-state index in [-0.39, 0.29) is 6.54 Å². The van der Waals surface area contributed by atoms with E-state index in [0.717, 1.165) is 12.0 Å². The van der Waals surface area contributed by atoms with Crippen molar-refractivity contribution in [1.29, 1.82) is 5.26 Å². The number of carbonyl (C=O) groups excluding carboxylic acids is 2. The molecule has 0 saturated heterocycles. The van der Waals surface area contributed by atoms with Crippen LogP contribution in [-0.2, 0) is 16.0 Å². The van der Waals surface area contributed by atoms with E-state index in [9.17, 15) is 9.59 Å². The number of hydrogen-bond acceptors (Lipinski definition) is 3. The lowest BCUT2D eigenvalue weighted by Crippen LogP contribution is -2.35. The van der Waals surface area contributed by atoms with Crippen molar-refractivity contribution in [3.63, 3.8) is 0 Å². The summed E-state index contributed by atoms with van der Waals surface area (Å²) in [5.41, 5.74) is 1.57. The Balaban J connectivity index is 2.68. The van der Waals surface area contributed by atoms with Crippen LogP contribution >= 0.6 is 0 Å². The molecule has 0 aliphatic carbocycles. The van der Waals surface area contributed by atoms with Crippen LogP contribution in [0.1, 0.15) is 12.5 Å². The summed E-state index contributed by atoms with van der Waals surface area (Å²) in [6, 6.07) is 8.98. The number of para-hydroxylation sites is 1. The van der Waals surface area contributed by atoms with E-state index in [0.29, 0.717) is 5.69 Å². The lowest BCUT2D eigenvalue weighted by molar-refractivity contribution is -0.136. The summed E-state index contributed by atoms with van der Waals surface area (Å²) < 4.78 is 0. The maximum atomic E-state index is 11.5. The van der Waals surface area contributed by atoms with Crippen LogP contribution < -0.4 is 10.6 Å². The van der Waals surface area contributed by atoms with E-state index < -0.39 is 11.8 Å². The second-order valence-corrected chi connectivity index (χ2v) is 3.31. The summed E-state index contributed by atoms with van der Waals surface area (Å²) in [5, 5.41) is 13.0. The van der Waals surface area contributed by atoms with Gasteiger partial charge in [0.2, 0.25) is 0 Å². The molecule has 0 bridgehead atoms. The molecule has 5 heteroatoms. The van der Waals surface area contributed by atoms with Crippen molar-refractivity contribution in [2.45, 2.75) is 13.3 Å². The molecule has 0 saturated carbocycles. The maximum absolute atomic E-state index is 11.5. The normalized spacial score (nSPS) is 9.18. The van der Waals surface area contributed by atoms with Gasteiger partial charge in [-0.1, -0.05) is 25.1 Å². The standard InChI is InChI=1S/C12H13N3O2/c1-2-9-5-3-4-6-10(9)15-12(17)11(16)14-8-7-13/h3-6H,2,8H2,1H3,(H,14,16)(H,15,17). The number of amides is 2. The fraction of sp³-hybridized carbons (Fsp3) is 0.250. The van der Waals surface area contributed by atoms with Gasteiger partial charge in [-0.3, -0.25) is 9.59 Å². The molecule has 1 rings (SSSR count). The Morgan fingerprint density at radius 2 is 2.00 bits per heavy atom. The van der Waals surface area contributed by atoms with E-state index in [1.54, 1.807) is 18.2 Å². The molecule has 0 aliphatic rings. The van der Waals surface area contributed by atoms with Gasteiger partial charge in [0, 0.05) is 5.69 Å². The number of anilines is 1. The molecule has 2 amide bonds. The van der Waals surface area contributed by atoms with Crippen LogP contribution in [-0.4, -0.2) is 18.4 Å². The molecule has 1 aromatic carbocycles. The Hall–Kier alpha value is -2.35. The first-order chi connectivity index (χ1) is 8.19. The third kappa shape index (κ3) is 3.61. The molecule has 1 aromatic rings. The second kappa shape index (κ2) is 6.28. The summed E-state index contributed by atoms with van der Waals surface area (Å²) in [4.78, 5) is 22.7. The van der Waals surface area contributed by atoms with Gasteiger partial charge in [0.15, 0.2) is 0 Å². The fourth-order valence-electron chi connectivity index (χ4n) is 1.33. The van der Waals surface area contributed by atoms with E-state index in [1.165, 1.54) is 0 Å². The van der Waals surface area contributed by atoms with E-state index >= 15 is 0 Å². The number of rotatable bonds is 3. The molecular weight excluding hydrogens is 218 g/mol. The molecule has 5 nitrogen and oxygen atoms in total. The molecule has 0 unspecified atom stereocenters. The summed E-state index contributed by atoms with van der Waals surface area (Å²) in [6.45, 7) is 1.78. The van der Waals surface area contributed by atoms with Gasteiger partial charge in [0.05, 0.1) is 6.07 Å². The van der Waals surface area contributed by atoms with Gasteiger partial charge in [-0.2, -0.15) is 5.26 Å². The average Bonchev–Trinajstić information content (AvgIpc) is 2.36. The predicted molar refractivity (Wildman–Crippen MR) is 63.1 cm³/mol. The molecule has 0 spiro atoms. The van der Waals surface area contributed by atoms with Gasteiger partial charge in [-0.15, -0.1) is 0 Å². The highest BCUT2D eigenvalue weighted by molar-refractivity contribution is 6.39. The largest absolute Gasteiger partial charge is 0.335 e. The van der Waals surface area contributed by atoms with Crippen LogP contribution in [0.3, 0.4) is 0 Å². The zero-order chi connectivity index (χ0) is 12.7. The summed E-state index contributed by atoms with van der Waals surface area (Å²) >= 11 is 0. The average molecular weight is 231 g/mol. The number of hydrogen-bond donors (Lipinski definition) is 2. The molecule has 0 aliphatic heterocycles. The molecule has 88 valence electrons. The molecule has 0 heterocycles. The van der Waals surface area contributed by atoms with Crippen LogP contribution in [0, 0.1) is 11.3 Å². The van der Waals surface area contributed by atoms with Crippen LogP contribution in [0.2, 0.25) is 0 Å². The number of benzene rings is 1. The molecule has 2 N–H and O–H groups in total. The third-order valence-corrected chi connectivity index (χ3v) is 2.18. The van der Waals surface area contributed by atoms with Gasteiger partial charge in [0.25, 0.3) is 0 Å². The minimum absolute atomic E-state index is 0.179. The van der Waals surface area contributed by atoms with Crippen LogP contribution in [0.5, 0.6) is 0 Å². The first-order valence-electron chi connectivity index (χ1n) is 5.23. The summed E-state index contributed by atoms with van der Waals surface area (Å²) in [7, 11) is 0. The summed E-state index contributed by atoms with van der Waals surface area (Å²) in [5.74, 6) is -1.57.